The van der Waals surface area contributed by atoms with E-state index in [9.17, 15) is 4.79 Å². The molecule has 2 rings (SSSR count). The number of aryl methyl sites for hydroxylation is 1. The number of rotatable bonds is 6. The average Bonchev–Trinajstić information content (AvgIpc) is 2.84. The summed E-state index contributed by atoms with van der Waals surface area (Å²) in [5, 5.41) is 9.57. The molecule has 0 saturated heterocycles. The van der Waals surface area contributed by atoms with Crippen molar-refractivity contribution in [1.29, 1.82) is 0 Å². The number of carbonyl (C=O) groups is 1. The number of hydrogen-bond donors (Lipinski definition) is 2. The molecule has 0 saturated carbocycles. The minimum Gasteiger partial charge on any atom is -0.493 e. The molecule has 0 spiro atoms. The number of hydrogen-bond acceptors (Lipinski definition) is 3. The van der Waals surface area contributed by atoms with Gasteiger partial charge >= 0.3 is 0 Å². The van der Waals surface area contributed by atoms with Crippen molar-refractivity contribution in [2.24, 2.45) is 0 Å². The van der Waals surface area contributed by atoms with Crippen LogP contribution in [-0.2, 0) is 11.3 Å². The summed E-state index contributed by atoms with van der Waals surface area (Å²) in [7, 11) is 0. The van der Waals surface area contributed by atoms with Crippen molar-refractivity contribution < 1.29 is 9.53 Å². The fourth-order valence-electron chi connectivity index (χ4n) is 1.63. The number of nitrogens with one attached hydrogen (secondary N) is 2. The van der Waals surface area contributed by atoms with Crippen molar-refractivity contribution in [1.82, 2.24) is 15.5 Å². The number of nitrogens with zero attached hydrogens (tertiary/aromatic N) is 1. The molecule has 1 amide bonds. The molecule has 5 nitrogen and oxygen atoms in total. The first-order valence-electron chi connectivity index (χ1n) is 6.29. The summed E-state index contributed by atoms with van der Waals surface area (Å²) in [6, 6.07) is 7.52. The van der Waals surface area contributed by atoms with E-state index < -0.39 is 0 Å². The highest BCUT2D eigenvalue weighted by Crippen LogP contribution is 2.16. The van der Waals surface area contributed by atoms with Crippen molar-refractivity contribution >= 4 is 21.8 Å². The maximum Gasteiger partial charge on any atom is 0.223 e. The zero-order valence-electron chi connectivity index (χ0n) is 11.1. The Bertz CT molecular complexity index is 566. The van der Waals surface area contributed by atoms with Crippen LogP contribution in [-0.4, -0.2) is 22.7 Å². The minimum atomic E-state index is -0.0392. The van der Waals surface area contributed by atoms with Crippen LogP contribution >= 0.6 is 15.9 Å². The molecule has 1 heterocycles. The Morgan fingerprint density at radius 2 is 2.15 bits per heavy atom. The largest absolute Gasteiger partial charge is 0.493 e. The molecule has 2 N–H and O–H groups in total. The summed E-state index contributed by atoms with van der Waals surface area (Å²) in [6.07, 6.45) is 2.04. The van der Waals surface area contributed by atoms with E-state index in [1.54, 1.807) is 6.20 Å². The summed E-state index contributed by atoms with van der Waals surface area (Å²) in [4.78, 5) is 11.7. The van der Waals surface area contributed by atoms with Crippen LogP contribution in [0.2, 0.25) is 0 Å². The highest BCUT2D eigenvalue weighted by Gasteiger charge is 2.04. The van der Waals surface area contributed by atoms with Gasteiger partial charge in [-0.15, -0.1) is 0 Å². The zero-order chi connectivity index (χ0) is 14.4. The summed E-state index contributed by atoms with van der Waals surface area (Å²) < 4.78 is 6.49. The Labute approximate surface area is 125 Å². The van der Waals surface area contributed by atoms with Crippen LogP contribution in [0, 0.1) is 6.92 Å². The van der Waals surface area contributed by atoms with Crippen LogP contribution < -0.4 is 10.1 Å². The molecular formula is C14H16BrN3O2. The molecule has 0 aliphatic carbocycles. The van der Waals surface area contributed by atoms with Crippen molar-refractivity contribution in [3.05, 3.63) is 46.2 Å². The minimum absolute atomic E-state index is 0.0392. The third-order valence-electron chi connectivity index (χ3n) is 2.82. The molecule has 0 bridgehead atoms. The Hall–Kier alpha value is -1.82. The molecule has 0 aliphatic heterocycles. The summed E-state index contributed by atoms with van der Waals surface area (Å²) in [5.41, 5.74) is 1.96. The predicted molar refractivity (Wildman–Crippen MR) is 79.4 cm³/mol. The second-order valence-electron chi connectivity index (χ2n) is 4.35. The Kier molecular flexibility index (Phi) is 5.17. The van der Waals surface area contributed by atoms with Gasteiger partial charge in [-0.1, -0.05) is 15.9 Å². The molecule has 1 aromatic heterocycles. The van der Waals surface area contributed by atoms with E-state index in [0.29, 0.717) is 19.6 Å². The highest BCUT2D eigenvalue weighted by atomic mass is 79.9. The lowest BCUT2D eigenvalue weighted by molar-refractivity contribution is -0.121. The number of amides is 1. The normalized spacial score (nSPS) is 10.3. The van der Waals surface area contributed by atoms with Crippen LogP contribution in [0.15, 0.2) is 34.9 Å². The van der Waals surface area contributed by atoms with Crippen LogP contribution in [0.25, 0.3) is 0 Å². The SMILES string of the molecule is Cc1[nH]ncc1CNC(=O)CCOc1ccc(Br)cc1. The number of carbonyl (C=O) groups excluding carboxylic acids is 1. The van der Waals surface area contributed by atoms with Crippen LogP contribution in [0.4, 0.5) is 0 Å². The predicted octanol–water partition coefficient (Wildman–Crippen LogP) is 2.57. The van der Waals surface area contributed by atoms with Gasteiger partial charge in [-0.05, 0) is 31.2 Å². The molecule has 0 unspecified atom stereocenters. The van der Waals surface area contributed by atoms with Crippen molar-refractivity contribution in [2.45, 2.75) is 19.9 Å². The Morgan fingerprint density at radius 1 is 1.40 bits per heavy atom. The van der Waals surface area contributed by atoms with Gasteiger partial charge in [0.15, 0.2) is 0 Å². The smallest absolute Gasteiger partial charge is 0.223 e. The van der Waals surface area contributed by atoms with Crippen molar-refractivity contribution in [2.75, 3.05) is 6.61 Å². The van der Waals surface area contributed by atoms with Crippen LogP contribution in [0.5, 0.6) is 5.75 Å². The number of halogens is 1. The highest BCUT2D eigenvalue weighted by molar-refractivity contribution is 9.10. The average molecular weight is 338 g/mol. The van der Waals surface area contributed by atoms with Gasteiger partial charge < -0.3 is 10.1 Å². The molecule has 0 atom stereocenters. The van der Waals surface area contributed by atoms with Gasteiger partial charge in [0, 0.05) is 22.3 Å². The van der Waals surface area contributed by atoms with Crippen molar-refractivity contribution in [3.8, 4) is 5.75 Å². The second-order valence-corrected chi connectivity index (χ2v) is 5.27. The van der Waals surface area contributed by atoms with Gasteiger partial charge in [0.05, 0.1) is 19.2 Å². The molecule has 0 radical (unpaired) electrons. The van der Waals surface area contributed by atoms with Gasteiger partial charge in [-0.3, -0.25) is 9.89 Å². The van der Waals surface area contributed by atoms with E-state index in [0.717, 1.165) is 21.5 Å². The fourth-order valence-corrected chi connectivity index (χ4v) is 1.89. The van der Waals surface area contributed by atoms with Crippen LogP contribution in [0.3, 0.4) is 0 Å². The molecule has 2 aromatic rings. The molecule has 1 aromatic carbocycles. The summed E-state index contributed by atoms with van der Waals surface area (Å²) in [5.74, 6) is 0.717. The standard InChI is InChI=1S/C14H16BrN3O2/c1-10-11(9-17-18-10)8-16-14(19)6-7-20-13-4-2-12(15)3-5-13/h2-5,9H,6-8H2,1H3,(H,16,19)(H,17,18). The first-order chi connectivity index (χ1) is 9.65. The summed E-state index contributed by atoms with van der Waals surface area (Å²) in [6.45, 7) is 2.77. The Morgan fingerprint density at radius 3 is 2.80 bits per heavy atom. The van der Waals surface area contributed by atoms with Gasteiger partial charge in [0.1, 0.15) is 5.75 Å². The lowest BCUT2D eigenvalue weighted by atomic mass is 10.2. The topological polar surface area (TPSA) is 67.0 Å². The van der Waals surface area contributed by atoms with E-state index in [1.807, 2.05) is 31.2 Å². The lowest BCUT2D eigenvalue weighted by Crippen LogP contribution is -2.24. The molecule has 6 heteroatoms. The van der Waals surface area contributed by atoms with E-state index in [1.165, 1.54) is 0 Å². The van der Waals surface area contributed by atoms with Gasteiger partial charge in [-0.25, -0.2) is 0 Å². The third-order valence-corrected chi connectivity index (χ3v) is 3.35. The number of ether oxygens (including phenoxy) is 1. The first kappa shape index (κ1) is 14.6. The zero-order valence-corrected chi connectivity index (χ0v) is 12.7. The van der Waals surface area contributed by atoms with Crippen LogP contribution in [0.1, 0.15) is 17.7 Å². The number of H-pyrrole nitrogens is 1. The second kappa shape index (κ2) is 7.09. The number of aromatic nitrogens is 2. The van der Waals surface area contributed by atoms with E-state index >= 15 is 0 Å². The third kappa shape index (κ3) is 4.38. The maximum atomic E-state index is 11.7. The van der Waals surface area contributed by atoms with Gasteiger partial charge in [0.2, 0.25) is 5.91 Å². The first-order valence-corrected chi connectivity index (χ1v) is 7.08. The summed E-state index contributed by atoms with van der Waals surface area (Å²) >= 11 is 3.35. The molecule has 0 fully saturated rings. The molecule has 0 aliphatic rings. The molecule has 20 heavy (non-hydrogen) atoms. The quantitative estimate of drug-likeness (QED) is 0.851. The lowest BCUT2D eigenvalue weighted by Gasteiger charge is -2.07. The Balaban J connectivity index is 1.68. The monoisotopic (exact) mass is 337 g/mol. The van der Waals surface area contributed by atoms with Gasteiger partial charge in [-0.2, -0.15) is 5.10 Å². The maximum absolute atomic E-state index is 11.7. The van der Waals surface area contributed by atoms with Crippen molar-refractivity contribution in [3.63, 3.8) is 0 Å². The number of aromatic amines is 1. The molecular weight excluding hydrogens is 322 g/mol. The fraction of sp³-hybridized carbons (Fsp3) is 0.286. The van der Waals surface area contributed by atoms with E-state index in [2.05, 4.69) is 31.4 Å². The number of benzene rings is 1. The van der Waals surface area contributed by atoms with Gasteiger partial charge in [0.25, 0.3) is 0 Å². The van der Waals surface area contributed by atoms with E-state index in [-0.39, 0.29) is 5.91 Å². The molecule has 106 valence electrons. The van der Waals surface area contributed by atoms with E-state index in [4.69, 9.17) is 4.74 Å².